The SMILES string of the molecule is COc1ccc(Br)cc1C=C1C(=O)N(c2ccccc2)C(=S)N(c2ccccc2)C1=O. The number of ether oxygens (including phenoxy) is 1. The summed E-state index contributed by atoms with van der Waals surface area (Å²) in [4.78, 5) is 29.7. The van der Waals surface area contributed by atoms with Crippen molar-refractivity contribution in [2.45, 2.75) is 0 Å². The molecule has 4 rings (SSSR count). The molecule has 0 atom stereocenters. The van der Waals surface area contributed by atoms with E-state index < -0.39 is 11.8 Å². The molecule has 31 heavy (non-hydrogen) atoms. The van der Waals surface area contributed by atoms with Crippen LogP contribution in [0.5, 0.6) is 5.75 Å². The Morgan fingerprint density at radius 2 is 1.35 bits per heavy atom. The average Bonchev–Trinajstić information content (AvgIpc) is 2.78. The Hall–Kier alpha value is -3.29. The van der Waals surface area contributed by atoms with E-state index in [1.807, 2.05) is 42.5 Å². The number of carbonyl (C=O) groups excluding carboxylic acids is 2. The Morgan fingerprint density at radius 1 is 0.839 bits per heavy atom. The molecule has 5 nitrogen and oxygen atoms in total. The lowest BCUT2D eigenvalue weighted by Gasteiger charge is -2.36. The highest BCUT2D eigenvalue weighted by Crippen LogP contribution is 2.32. The van der Waals surface area contributed by atoms with Crippen LogP contribution in [0, 0.1) is 0 Å². The van der Waals surface area contributed by atoms with Crippen LogP contribution in [0.25, 0.3) is 6.08 Å². The van der Waals surface area contributed by atoms with Crippen LogP contribution < -0.4 is 14.5 Å². The summed E-state index contributed by atoms with van der Waals surface area (Å²) in [5.41, 5.74) is 1.75. The minimum atomic E-state index is -0.490. The smallest absolute Gasteiger partial charge is 0.270 e. The van der Waals surface area contributed by atoms with E-state index in [-0.39, 0.29) is 10.7 Å². The lowest BCUT2D eigenvalue weighted by atomic mass is 10.0. The Labute approximate surface area is 193 Å². The molecule has 0 spiro atoms. The van der Waals surface area contributed by atoms with Crippen molar-refractivity contribution < 1.29 is 14.3 Å². The summed E-state index contributed by atoms with van der Waals surface area (Å²) in [5, 5.41) is 0.103. The topological polar surface area (TPSA) is 49.9 Å². The minimum absolute atomic E-state index is 0.0160. The van der Waals surface area contributed by atoms with Gasteiger partial charge in [-0.3, -0.25) is 19.4 Å². The first-order valence-corrected chi connectivity index (χ1v) is 10.6. The highest BCUT2D eigenvalue weighted by molar-refractivity contribution is 9.10. The predicted octanol–water partition coefficient (Wildman–Crippen LogP) is 5.21. The summed E-state index contributed by atoms with van der Waals surface area (Å²) in [7, 11) is 1.54. The van der Waals surface area contributed by atoms with Crippen LogP contribution in [-0.4, -0.2) is 24.0 Å². The number of nitrogens with zero attached hydrogens (tertiary/aromatic N) is 2. The molecule has 3 aromatic rings. The second-order valence-electron chi connectivity index (χ2n) is 6.68. The molecule has 0 saturated carbocycles. The highest BCUT2D eigenvalue weighted by Gasteiger charge is 2.41. The zero-order valence-corrected chi connectivity index (χ0v) is 18.9. The summed E-state index contributed by atoms with van der Waals surface area (Å²) in [6.45, 7) is 0. The molecule has 0 bridgehead atoms. The first kappa shape index (κ1) is 21.0. The van der Waals surface area contributed by atoms with E-state index in [1.165, 1.54) is 16.9 Å². The van der Waals surface area contributed by atoms with E-state index in [9.17, 15) is 9.59 Å². The van der Waals surface area contributed by atoms with Gasteiger partial charge in [-0.05, 0) is 60.8 Å². The second-order valence-corrected chi connectivity index (χ2v) is 7.96. The van der Waals surface area contributed by atoms with Crippen LogP contribution in [0.2, 0.25) is 0 Å². The fourth-order valence-corrected chi connectivity index (χ4v) is 4.07. The van der Waals surface area contributed by atoms with Gasteiger partial charge in [-0.2, -0.15) is 0 Å². The number of hydrogen-bond donors (Lipinski definition) is 0. The third-order valence-electron chi connectivity index (χ3n) is 4.77. The van der Waals surface area contributed by atoms with Gasteiger partial charge in [-0.25, -0.2) is 0 Å². The normalized spacial score (nSPS) is 14.1. The zero-order valence-electron chi connectivity index (χ0n) is 16.5. The van der Waals surface area contributed by atoms with Crippen LogP contribution in [0.4, 0.5) is 11.4 Å². The zero-order chi connectivity index (χ0) is 22.0. The van der Waals surface area contributed by atoms with Crippen LogP contribution >= 0.6 is 28.1 Å². The van der Waals surface area contributed by atoms with Gasteiger partial charge in [0.15, 0.2) is 5.11 Å². The molecular formula is C24H17BrN2O3S. The van der Waals surface area contributed by atoms with Crippen LogP contribution in [0.15, 0.2) is 88.9 Å². The van der Waals surface area contributed by atoms with Crippen molar-refractivity contribution >= 4 is 62.5 Å². The molecule has 3 aromatic carbocycles. The number of rotatable bonds is 4. The maximum atomic E-state index is 13.5. The van der Waals surface area contributed by atoms with Crippen molar-refractivity contribution in [1.29, 1.82) is 0 Å². The van der Waals surface area contributed by atoms with Crippen LogP contribution in [-0.2, 0) is 9.59 Å². The van der Waals surface area contributed by atoms with Crippen LogP contribution in [0.1, 0.15) is 5.56 Å². The van der Waals surface area contributed by atoms with E-state index >= 15 is 0 Å². The molecule has 0 aromatic heterocycles. The van der Waals surface area contributed by atoms with E-state index in [0.717, 1.165) is 4.47 Å². The molecule has 1 heterocycles. The molecule has 2 amide bonds. The molecule has 0 aliphatic carbocycles. The average molecular weight is 493 g/mol. The van der Waals surface area contributed by atoms with Crippen molar-refractivity contribution in [2.24, 2.45) is 0 Å². The molecule has 7 heteroatoms. The molecular weight excluding hydrogens is 476 g/mol. The lowest BCUT2D eigenvalue weighted by molar-refractivity contribution is -0.120. The van der Waals surface area contributed by atoms with Gasteiger partial charge in [0, 0.05) is 10.0 Å². The maximum absolute atomic E-state index is 13.5. The first-order chi connectivity index (χ1) is 15.0. The fourth-order valence-electron chi connectivity index (χ4n) is 3.31. The van der Waals surface area contributed by atoms with Crippen molar-refractivity contribution in [3.63, 3.8) is 0 Å². The number of hydrogen-bond acceptors (Lipinski definition) is 4. The molecule has 0 radical (unpaired) electrons. The van der Waals surface area contributed by atoms with Gasteiger partial charge in [0.2, 0.25) is 0 Å². The molecule has 154 valence electrons. The molecule has 1 fully saturated rings. The molecule has 0 unspecified atom stereocenters. The van der Waals surface area contributed by atoms with Crippen LogP contribution in [0.3, 0.4) is 0 Å². The van der Waals surface area contributed by atoms with E-state index in [1.54, 1.807) is 42.5 Å². The van der Waals surface area contributed by atoms with Gasteiger partial charge < -0.3 is 4.74 Å². The van der Waals surface area contributed by atoms with Crippen molar-refractivity contribution in [3.05, 3.63) is 94.5 Å². The minimum Gasteiger partial charge on any atom is -0.496 e. The molecule has 1 saturated heterocycles. The van der Waals surface area contributed by atoms with Gasteiger partial charge in [0.1, 0.15) is 11.3 Å². The maximum Gasteiger partial charge on any atom is 0.270 e. The Bertz CT molecular complexity index is 1130. The van der Waals surface area contributed by atoms with E-state index in [2.05, 4.69) is 15.9 Å². The Morgan fingerprint density at radius 3 is 1.84 bits per heavy atom. The third kappa shape index (κ3) is 4.02. The predicted molar refractivity (Wildman–Crippen MR) is 129 cm³/mol. The first-order valence-electron chi connectivity index (χ1n) is 9.39. The van der Waals surface area contributed by atoms with E-state index in [4.69, 9.17) is 17.0 Å². The number of carbonyl (C=O) groups is 2. The standard InChI is InChI=1S/C24H17BrN2O3S/c1-30-21-13-12-17(25)14-16(21)15-20-22(28)26(18-8-4-2-5-9-18)24(31)27(23(20)29)19-10-6-3-7-11-19/h2-15H,1H3. The number of thiocarbonyl (C=S) groups is 1. The summed E-state index contributed by atoms with van der Waals surface area (Å²) >= 11 is 9.04. The van der Waals surface area contributed by atoms with Gasteiger partial charge in [-0.15, -0.1) is 0 Å². The summed E-state index contributed by atoms with van der Waals surface area (Å²) in [6.07, 6.45) is 1.54. The van der Waals surface area contributed by atoms with Crippen molar-refractivity contribution in [2.75, 3.05) is 16.9 Å². The number of halogens is 1. The summed E-state index contributed by atoms with van der Waals surface area (Å²) in [5.74, 6) is -0.437. The Kier molecular flexibility index (Phi) is 5.97. The quantitative estimate of drug-likeness (QED) is 0.285. The second kappa shape index (κ2) is 8.83. The highest BCUT2D eigenvalue weighted by atomic mass is 79.9. The number of benzene rings is 3. The number of para-hydroxylation sites is 2. The fraction of sp³-hybridized carbons (Fsp3) is 0.0417. The summed E-state index contributed by atoms with van der Waals surface area (Å²) < 4.78 is 6.21. The van der Waals surface area contributed by atoms with Gasteiger partial charge in [0.25, 0.3) is 11.8 Å². The van der Waals surface area contributed by atoms with Crippen molar-refractivity contribution in [1.82, 2.24) is 0 Å². The summed E-state index contributed by atoms with van der Waals surface area (Å²) in [6, 6.07) is 23.5. The number of amides is 2. The molecule has 1 aliphatic rings. The molecule has 0 N–H and O–H groups in total. The lowest BCUT2D eigenvalue weighted by Crippen LogP contribution is -2.56. The van der Waals surface area contributed by atoms with E-state index in [0.29, 0.717) is 22.7 Å². The largest absolute Gasteiger partial charge is 0.496 e. The number of methoxy groups -OCH3 is 1. The van der Waals surface area contributed by atoms with Gasteiger partial charge in [0.05, 0.1) is 18.5 Å². The third-order valence-corrected chi connectivity index (χ3v) is 5.63. The Balaban J connectivity index is 1.90. The number of anilines is 2. The monoisotopic (exact) mass is 492 g/mol. The van der Waals surface area contributed by atoms with Gasteiger partial charge in [-0.1, -0.05) is 52.3 Å². The van der Waals surface area contributed by atoms with Gasteiger partial charge >= 0.3 is 0 Å². The van der Waals surface area contributed by atoms with Crippen molar-refractivity contribution in [3.8, 4) is 5.75 Å². The molecule has 1 aliphatic heterocycles.